The summed E-state index contributed by atoms with van der Waals surface area (Å²) in [6, 6.07) is 32.3. The summed E-state index contributed by atoms with van der Waals surface area (Å²) in [7, 11) is 0. The van der Waals surface area contributed by atoms with Gasteiger partial charge in [0.05, 0.1) is 43.2 Å². The summed E-state index contributed by atoms with van der Waals surface area (Å²) in [5.41, 5.74) is 3.48. The van der Waals surface area contributed by atoms with Gasteiger partial charge >= 0.3 is 23.2 Å². The maximum Gasteiger partial charge on any atom is 0.344 e. The van der Waals surface area contributed by atoms with Crippen LogP contribution in [-0.2, 0) is 23.8 Å². The molecule has 4 aromatic carbocycles. The lowest BCUT2D eigenvalue weighted by atomic mass is 10.1. The second-order valence-corrected chi connectivity index (χ2v) is 14.8. The Morgan fingerprint density at radius 2 is 1.19 bits per heavy atom. The number of ether oxygens (including phenoxy) is 4. The normalized spacial score (nSPS) is 13.1. The fraction of sp³-hybridized carbons (Fsp3) is 0.280. The first-order valence-corrected chi connectivity index (χ1v) is 20.4. The van der Waals surface area contributed by atoms with Gasteiger partial charge in [0.1, 0.15) is 29.3 Å². The number of benzene rings is 4. The largest absolute Gasteiger partial charge is 0.508 e. The Balaban J connectivity index is 0.000000196. The van der Waals surface area contributed by atoms with E-state index in [4.69, 9.17) is 27.8 Å². The molecule has 1 aliphatic rings. The minimum Gasteiger partial charge on any atom is -0.508 e. The van der Waals surface area contributed by atoms with Crippen LogP contribution in [-0.4, -0.2) is 60.8 Å². The molecule has 0 bridgehead atoms. The summed E-state index contributed by atoms with van der Waals surface area (Å²) in [6.45, 7) is 12.1. The van der Waals surface area contributed by atoms with E-state index in [0.717, 1.165) is 47.8 Å². The highest BCUT2D eigenvalue weighted by atomic mass is 16.6. The molecule has 324 valence electrons. The van der Waals surface area contributed by atoms with E-state index in [-0.39, 0.29) is 18.3 Å². The van der Waals surface area contributed by atoms with E-state index in [0.29, 0.717) is 77.8 Å². The Hall–Kier alpha value is -6.76. The van der Waals surface area contributed by atoms with Crippen LogP contribution in [0.1, 0.15) is 52.4 Å². The number of carbonyl (C=O) groups is 2. The lowest BCUT2D eigenvalue weighted by molar-refractivity contribution is -0.139. The van der Waals surface area contributed by atoms with Crippen LogP contribution < -0.4 is 16.0 Å². The number of esters is 2. The number of phenols is 1. The fourth-order valence-corrected chi connectivity index (χ4v) is 5.96. The van der Waals surface area contributed by atoms with Crippen LogP contribution in [0.25, 0.3) is 44.2 Å². The van der Waals surface area contributed by atoms with Crippen molar-refractivity contribution in [2.24, 2.45) is 0 Å². The average Bonchev–Trinajstić information content (AvgIpc) is 4.10. The Morgan fingerprint density at radius 1 is 0.694 bits per heavy atom. The van der Waals surface area contributed by atoms with E-state index in [1.807, 2.05) is 66.7 Å². The highest BCUT2D eigenvalue weighted by Gasteiger charge is 2.21. The van der Waals surface area contributed by atoms with Gasteiger partial charge in [0.15, 0.2) is 0 Å². The molecule has 1 aliphatic heterocycles. The third-order valence-corrected chi connectivity index (χ3v) is 9.46. The second-order valence-electron chi connectivity index (χ2n) is 14.8. The molecule has 2 aromatic heterocycles. The molecular weight excluding hydrogens is 793 g/mol. The van der Waals surface area contributed by atoms with Gasteiger partial charge in [-0.25, -0.2) is 19.2 Å². The number of fused-ring (bicyclic) bond motifs is 2. The first-order valence-electron chi connectivity index (χ1n) is 20.4. The number of epoxide rings is 1. The van der Waals surface area contributed by atoms with Crippen molar-refractivity contribution in [1.82, 2.24) is 0 Å². The van der Waals surface area contributed by atoms with Gasteiger partial charge in [-0.2, -0.15) is 0 Å². The number of aliphatic hydroxyl groups excluding tert-OH is 1. The van der Waals surface area contributed by atoms with Crippen molar-refractivity contribution in [3.8, 4) is 33.8 Å². The number of carbonyl (C=O) groups excluding carboxylic acids is 2. The topological polar surface area (TPSA) is 175 Å². The second kappa shape index (κ2) is 23.3. The molecular formula is C50H52O12. The summed E-state index contributed by atoms with van der Waals surface area (Å²) < 4.78 is 31.3. The molecule has 0 amide bonds. The van der Waals surface area contributed by atoms with Gasteiger partial charge in [-0.3, -0.25) is 0 Å². The predicted molar refractivity (Wildman–Crippen MR) is 238 cm³/mol. The number of hydrogen-bond donors (Lipinski definition) is 2. The minimum absolute atomic E-state index is 0.0816. The van der Waals surface area contributed by atoms with E-state index in [1.54, 1.807) is 50.2 Å². The lowest BCUT2D eigenvalue weighted by Crippen LogP contribution is -2.17. The Bertz CT molecular complexity index is 2550. The van der Waals surface area contributed by atoms with E-state index >= 15 is 0 Å². The Kier molecular flexibility index (Phi) is 17.4. The standard InChI is InChI=1S/C25H26O6.C15H10O3.C10H16O3/c1-17(2)24(27)29-13-7-6-10-20(26)16-30-21-12-11-19-14-22(18-8-4-3-5-9-18)25(28)31-23(19)15-21;16-12-7-6-11-8-13(10-4-2-1-3-5-10)15(17)18-14(11)9-12;1-8(2)10(11)12-6-4-3-5-9-7-13-9/h3-5,8-9,11-12,14-15,20,26H,1,6-7,10,13,16H2,2H3;1-9,16H;9H,1,3-7H2,2H3. The van der Waals surface area contributed by atoms with Gasteiger partial charge in [0.25, 0.3) is 0 Å². The van der Waals surface area contributed by atoms with Crippen LogP contribution in [0.4, 0.5) is 0 Å². The lowest BCUT2D eigenvalue weighted by Gasteiger charge is -2.13. The number of rotatable bonds is 17. The summed E-state index contributed by atoms with van der Waals surface area (Å²) in [5, 5.41) is 21.0. The summed E-state index contributed by atoms with van der Waals surface area (Å²) >= 11 is 0. The van der Waals surface area contributed by atoms with Crippen LogP contribution in [0.2, 0.25) is 0 Å². The molecule has 0 saturated carbocycles. The minimum atomic E-state index is -0.653. The molecule has 1 fully saturated rings. The molecule has 2 atom stereocenters. The zero-order chi connectivity index (χ0) is 44.4. The van der Waals surface area contributed by atoms with Gasteiger partial charge in [-0.1, -0.05) is 73.8 Å². The fourth-order valence-electron chi connectivity index (χ4n) is 5.96. The molecule has 0 aliphatic carbocycles. The monoisotopic (exact) mass is 844 g/mol. The van der Waals surface area contributed by atoms with Gasteiger partial charge in [0.2, 0.25) is 0 Å². The van der Waals surface area contributed by atoms with Crippen molar-refractivity contribution in [3.63, 3.8) is 0 Å². The first kappa shape index (κ1) is 46.3. The highest BCUT2D eigenvalue weighted by Crippen LogP contribution is 2.26. The third kappa shape index (κ3) is 14.8. The number of hydrogen-bond acceptors (Lipinski definition) is 12. The molecule has 12 heteroatoms. The molecule has 12 nitrogen and oxygen atoms in total. The van der Waals surface area contributed by atoms with Gasteiger partial charge in [0, 0.05) is 34.1 Å². The Labute approximate surface area is 359 Å². The summed E-state index contributed by atoms with van der Waals surface area (Å²) in [4.78, 5) is 46.5. The summed E-state index contributed by atoms with van der Waals surface area (Å²) in [5.74, 6) is -0.0962. The molecule has 62 heavy (non-hydrogen) atoms. The molecule has 0 spiro atoms. The van der Waals surface area contributed by atoms with Crippen LogP contribution in [0.3, 0.4) is 0 Å². The van der Waals surface area contributed by atoms with E-state index in [9.17, 15) is 29.4 Å². The number of aromatic hydroxyl groups is 1. The zero-order valence-corrected chi connectivity index (χ0v) is 35.0. The van der Waals surface area contributed by atoms with Gasteiger partial charge in [-0.05, 0) is 99.9 Å². The molecule has 6 aromatic rings. The van der Waals surface area contributed by atoms with E-state index in [2.05, 4.69) is 13.2 Å². The van der Waals surface area contributed by atoms with Gasteiger partial charge in [-0.15, -0.1) is 0 Å². The van der Waals surface area contributed by atoms with Crippen molar-refractivity contribution < 1.29 is 47.6 Å². The van der Waals surface area contributed by atoms with Crippen molar-refractivity contribution in [2.45, 2.75) is 64.6 Å². The Morgan fingerprint density at radius 3 is 1.71 bits per heavy atom. The van der Waals surface area contributed by atoms with Crippen LogP contribution in [0.15, 0.2) is 152 Å². The van der Waals surface area contributed by atoms with Crippen LogP contribution >= 0.6 is 0 Å². The van der Waals surface area contributed by atoms with Crippen molar-refractivity contribution in [1.29, 1.82) is 0 Å². The third-order valence-electron chi connectivity index (χ3n) is 9.46. The predicted octanol–water partition coefficient (Wildman–Crippen LogP) is 9.33. The molecule has 0 radical (unpaired) electrons. The smallest absolute Gasteiger partial charge is 0.344 e. The number of unbranched alkanes of at least 4 members (excludes halogenated alkanes) is 2. The molecule has 2 unspecified atom stereocenters. The van der Waals surface area contributed by atoms with Crippen molar-refractivity contribution >= 4 is 33.9 Å². The maximum absolute atomic E-state index is 12.4. The molecule has 3 heterocycles. The highest BCUT2D eigenvalue weighted by molar-refractivity contribution is 5.87. The van der Waals surface area contributed by atoms with E-state index < -0.39 is 23.3 Å². The number of aliphatic hydroxyl groups is 1. The van der Waals surface area contributed by atoms with Crippen LogP contribution in [0.5, 0.6) is 11.5 Å². The summed E-state index contributed by atoms with van der Waals surface area (Å²) in [6.07, 6.45) is 4.77. The zero-order valence-electron chi connectivity index (χ0n) is 35.0. The van der Waals surface area contributed by atoms with Crippen LogP contribution in [0, 0.1) is 0 Å². The van der Waals surface area contributed by atoms with Gasteiger partial charge < -0.3 is 38.0 Å². The molecule has 1 saturated heterocycles. The molecule has 7 rings (SSSR count). The van der Waals surface area contributed by atoms with Crippen molar-refractivity contribution in [2.75, 3.05) is 26.4 Å². The average molecular weight is 845 g/mol. The SMILES string of the molecule is C=C(C)C(=O)OCCCCC(O)COc1ccc2cc(-c3ccccc3)c(=O)oc2c1.C=C(C)C(=O)OCCCCC1CO1.O=c1oc2cc(O)ccc2cc1-c1ccccc1. The van der Waals surface area contributed by atoms with Crippen molar-refractivity contribution in [3.05, 3.63) is 154 Å². The van der Waals surface area contributed by atoms with E-state index in [1.165, 1.54) is 6.07 Å². The number of phenolic OH excluding ortho intramolecular Hbond substituents is 1. The first-order chi connectivity index (χ1) is 29.9. The maximum atomic E-state index is 12.4. The molecule has 2 N–H and O–H groups in total. The quantitative estimate of drug-likeness (QED) is 0.0293.